The number of nitrogens with zero attached hydrogens (tertiary/aromatic N) is 2. The minimum atomic E-state index is -0.000573. The number of carbonyl (C=O) groups is 1. The predicted molar refractivity (Wildman–Crippen MR) is 76.7 cm³/mol. The molecule has 0 fully saturated rings. The van der Waals surface area contributed by atoms with Crippen molar-refractivity contribution in [2.24, 2.45) is 0 Å². The van der Waals surface area contributed by atoms with E-state index in [-0.39, 0.29) is 18.6 Å². The Balaban J connectivity index is 2.57. The van der Waals surface area contributed by atoms with Crippen molar-refractivity contribution in [1.82, 2.24) is 9.80 Å². The summed E-state index contributed by atoms with van der Waals surface area (Å²) in [6.45, 7) is 5.61. The molecule has 4 heteroatoms. The van der Waals surface area contributed by atoms with E-state index in [1.807, 2.05) is 61.0 Å². The van der Waals surface area contributed by atoms with E-state index < -0.39 is 0 Å². The molecular formula is C15H24N2O2. The largest absolute Gasteiger partial charge is 0.395 e. The van der Waals surface area contributed by atoms with Crippen molar-refractivity contribution < 1.29 is 9.90 Å². The molecule has 0 aromatic heterocycles. The number of hydrogen-bond acceptors (Lipinski definition) is 3. The van der Waals surface area contributed by atoms with Crippen LogP contribution >= 0.6 is 0 Å². The normalized spacial score (nSPS) is 12.5. The Morgan fingerprint density at radius 1 is 1.32 bits per heavy atom. The first-order valence-electron chi connectivity index (χ1n) is 6.71. The SMILES string of the molecule is CCN(Cc1ccccc1)C(=O)CN(C)C(C)CO. The highest BCUT2D eigenvalue weighted by molar-refractivity contribution is 5.78. The number of amides is 1. The van der Waals surface area contributed by atoms with Crippen LogP contribution in [-0.2, 0) is 11.3 Å². The highest BCUT2D eigenvalue weighted by Gasteiger charge is 2.17. The Hall–Kier alpha value is -1.39. The van der Waals surface area contributed by atoms with E-state index in [0.717, 1.165) is 5.56 Å². The first-order chi connectivity index (χ1) is 9.08. The summed E-state index contributed by atoms with van der Waals surface area (Å²) in [6, 6.07) is 9.98. The molecule has 1 unspecified atom stereocenters. The van der Waals surface area contributed by atoms with E-state index in [1.165, 1.54) is 0 Å². The third kappa shape index (κ3) is 5.01. The molecular weight excluding hydrogens is 240 g/mol. The van der Waals surface area contributed by atoms with Crippen LogP contribution in [0.4, 0.5) is 0 Å². The van der Waals surface area contributed by atoms with Crippen molar-refractivity contribution in [3.8, 4) is 0 Å². The van der Waals surface area contributed by atoms with Crippen LogP contribution in [-0.4, -0.2) is 53.6 Å². The highest BCUT2D eigenvalue weighted by Crippen LogP contribution is 2.05. The smallest absolute Gasteiger partial charge is 0.237 e. The summed E-state index contributed by atoms with van der Waals surface area (Å²) in [5.41, 5.74) is 1.13. The number of carbonyl (C=O) groups excluding carboxylic acids is 1. The monoisotopic (exact) mass is 264 g/mol. The maximum atomic E-state index is 12.2. The van der Waals surface area contributed by atoms with E-state index in [1.54, 1.807) is 0 Å². The molecule has 19 heavy (non-hydrogen) atoms. The summed E-state index contributed by atoms with van der Waals surface area (Å²) in [7, 11) is 1.86. The molecule has 1 aromatic carbocycles. The standard InChI is InChI=1S/C15H24N2O2/c1-4-17(10-14-8-6-5-7-9-14)15(19)11-16(3)13(2)12-18/h5-9,13,18H,4,10-12H2,1-3H3. The molecule has 0 saturated heterocycles. The maximum Gasteiger partial charge on any atom is 0.237 e. The second-order valence-electron chi connectivity index (χ2n) is 4.84. The van der Waals surface area contributed by atoms with Crippen LogP contribution in [0.2, 0.25) is 0 Å². The van der Waals surface area contributed by atoms with Gasteiger partial charge >= 0.3 is 0 Å². The average molecular weight is 264 g/mol. The molecule has 0 aliphatic heterocycles. The Morgan fingerprint density at radius 3 is 2.47 bits per heavy atom. The van der Waals surface area contributed by atoms with Crippen LogP contribution in [0.25, 0.3) is 0 Å². The lowest BCUT2D eigenvalue weighted by atomic mass is 10.2. The number of hydrogen-bond donors (Lipinski definition) is 1. The zero-order valence-corrected chi connectivity index (χ0v) is 12.0. The molecule has 1 aromatic rings. The molecule has 106 valence electrons. The molecule has 0 aliphatic rings. The fraction of sp³-hybridized carbons (Fsp3) is 0.533. The van der Waals surface area contributed by atoms with Gasteiger partial charge in [0.15, 0.2) is 0 Å². The zero-order valence-electron chi connectivity index (χ0n) is 12.0. The van der Waals surface area contributed by atoms with E-state index >= 15 is 0 Å². The molecule has 0 aliphatic carbocycles. The van der Waals surface area contributed by atoms with Crippen molar-refractivity contribution in [2.45, 2.75) is 26.4 Å². The van der Waals surface area contributed by atoms with Gasteiger partial charge in [0.25, 0.3) is 0 Å². The topological polar surface area (TPSA) is 43.8 Å². The Kier molecular flexibility index (Phi) is 6.53. The van der Waals surface area contributed by atoms with E-state index in [9.17, 15) is 4.79 Å². The Labute approximate surface area is 115 Å². The van der Waals surface area contributed by atoms with Crippen molar-refractivity contribution in [3.05, 3.63) is 35.9 Å². The van der Waals surface area contributed by atoms with Crippen LogP contribution < -0.4 is 0 Å². The van der Waals surface area contributed by atoms with Gasteiger partial charge in [0.1, 0.15) is 0 Å². The van der Waals surface area contributed by atoms with Gasteiger partial charge in [-0.1, -0.05) is 30.3 Å². The van der Waals surface area contributed by atoms with Gasteiger partial charge in [-0.15, -0.1) is 0 Å². The minimum absolute atomic E-state index is 0.000573. The van der Waals surface area contributed by atoms with Crippen LogP contribution in [0.1, 0.15) is 19.4 Å². The second-order valence-corrected chi connectivity index (χ2v) is 4.84. The minimum Gasteiger partial charge on any atom is -0.395 e. The second kappa shape index (κ2) is 7.92. The predicted octanol–water partition coefficient (Wildman–Crippen LogP) is 1.35. The lowest BCUT2D eigenvalue weighted by Crippen LogP contribution is -2.42. The van der Waals surface area contributed by atoms with Crippen molar-refractivity contribution in [1.29, 1.82) is 0 Å². The molecule has 4 nitrogen and oxygen atoms in total. The van der Waals surface area contributed by atoms with Gasteiger partial charge in [-0.25, -0.2) is 0 Å². The summed E-state index contributed by atoms with van der Waals surface area (Å²) < 4.78 is 0. The van der Waals surface area contributed by atoms with Crippen LogP contribution in [0.3, 0.4) is 0 Å². The van der Waals surface area contributed by atoms with Crippen LogP contribution in [0.5, 0.6) is 0 Å². The van der Waals surface area contributed by atoms with Gasteiger partial charge in [0.05, 0.1) is 13.2 Å². The van der Waals surface area contributed by atoms with Gasteiger partial charge in [0, 0.05) is 19.1 Å². The first-order valence-corrected chi connectivity index (χ1v) is 6.71. The number of likely N-dealkylation sites (N-methyl/N-ethyl adjacent to an activating group) is 2. The Bertz CT molecular complexity index is 381. The van der Waals surface area contributed by atoms with Gasteiger partial charge in [-0.2, -0.15) is 0 Å². The summed E-state index contributed by atoms with van der Waals surface area (Å²) in [5, 5.41) is 9.08. The van der Waals surface area contributed by atoms with Gasteiger partial charge in [0.2, 0.25) is 5.91 Å². The maximum absolute atomic E-state index is 12.2. The number of rotatable bonds is 7. The molecule has 1 amide bonds. The molecule has 1 atom stereocenters. The zero-order chi connectivity index (χ0) is 14.3. The molecule has 0 spiro atoms. The van der Waals surface area contributed by atoms with Gasteiger partial charge < -0.3 is 10.0 Å². The fourth-order valence-electron chi connectivity index (χ4n) is 1.79. The molecule has 0 radical (unpaired) electrons. The summed E-state index contributed by atoms with van der Waals surface area (Å²) in [5.74, 6) is 0.0918. The van der Waals surface area contributed by atoms with Crippen molar-refractivity contribution in [3.63, 3.8) is 0 Å². The van der Waals surface area contributed by atoms with Gasteiger partial charge in [-0.3, -0.25) is 9.69 Å². The Morgan fingerprint density at radius 2 is 1.95 bits per heavy atom. The van der Waals surface area contributed by atoms with Crippen molar-refractivity contribution >= 4 is 5.91 Å². The number of aliphatic hydroxyl groups excluding tert-OH is 1. The molecule has 0 heterocycles. The van der Waals surface area contributed by atoms with E-state index in [0.29, 0.717) is 19.6 Å². The van der Waals surface area contributed by atoms with Gasteiger partial charge in [-0.05, 0) is 26.5 Å². The first kappa shape index (κ1) is 15.7. The summed E-state index contributed by atoms with van der Waals surface area (Å²) in [4.78, 5) is 15.9. The molecule has 1 N–H and O–H groups in total. The lowest BCUT2D eigenvalue weighted by molar-refractivity contribution is -0.133. The number of benzene rings is 1. The third-order valence-electron chi connectivity index (χ3n) is 3.35. The lowest BCUT2D eigenvalue weighted by Gasteiger charge is -2.27. The van der Waals surface area contributed by atoms with E-state index in [2.05, 4.69) is 0 Å². The van der Waals surface area contributed by atoms with Crippen LogP contribution in [0.15, 0.2) is 30.3 Å². The number of aliphatic hydroxyl groups is 1. The fourth-order valence-corrected chi connectivity index (χ4v) is 1.79. The van der Waals surface area contributed by atoms with Crippen LogP contribution in [0, 0.1) is 0 Å². The average Bonchev–Trinajstić information content (AvgIpc) is 2.44. The third-order valence-corrected chi connectivity index (χ3v) is 3.35. The highest BCUT2D eigenvalue weighted by atomic mass is 16.3. The summed E-state index contributed by atoms with van der Waals surface area (Å²) >= 11 is 0. The summed E-state index contributed by atoms with van der Waals surface area (Å²) in [6.07, 6.45) is 0. The molecule has 0 bridgehead atoms. The van der Waals surface area contributed by atoms with Crippen molar-refractivity contribution in [2.75, 3.05) is 26.7 Å². The van der Waals surface area contributed by atoms with E-state index in [4.69, 9.17) is 5.11 Å². The molecule has 1 rings (SSSR count). The quantitative estimate of drug-likeness (QED) is 0.808. The molecule has 0 saturated carbocycles.